The van der Waals surface area contributed by atoms with Crippen molar-refractivity contribution >= 4 is 18.0 Å². The molecular weight excluding hydrogens is 444 g/mol. The zero-order valence-corrected chi connectivity index (χ0v) is 20.2. The molecule has 7 heteroatoms. The molecule has 0 radical (unpaired) electrons. The van der Waals surface area contributed by atoms with Gasteiger partial charge in [-0.15, -0.1) is 0 Å². The third-order valence-corrected chi connectivity index (χ3v) is 7.28. The van der Waals surface area contributed by atoms with Gasteiger partial charge in [0.2, 0.25) is 5.91 Å². The molecule has 0 aromatic heterocycles. The van der Waals surface area contributed by atoms with Crippen molar-refractivity contribution in [1.82, 2.24) is 10.6 Å². The number of hydrogen-bond acceptors (Lipinski definition) is 4. The van der Waals surface area contributed by atoms with Gasteiger partial charge in [0, 0.05) is 24.4 Å². The quantitative estimate of drug-likeness (QED) is 0.478. The van der Waals surface area contributed by atoms with Gasteiger partial charge >= 0.3 is 12.1 Å². The van der Waals surface area contributed by atoms with Gasteiger partial charge in [-0.2, -0.15) is 0 Å². The number of benzene rings is 2. The fraction of sp³-hybridized carbons (Fsp3) is 0.464. The van der Waals surface area contributed by atoms with Crippen LogP contribution < -0.4 is 10.6 Å². The van der Waals surface area contributed by atoms with Crippen LogP contribution in [0.5, 0.6) is 0 Å². The van der Waals surface area contributed by atoms with Crippen LogP contribution in [0.1, 0.15) is 68.9 Å². The molecular formula is C28H34N2O5. The van der Waals surface area contributed by atoms with Crippen molar-refractivity contribution in [1.29, 1.82) is 0 Å². The predicted octanol–water partition coefficient (Wildman–Crippen LogP) is 4.84. The summed E-state index contributed by atoms with van der Waals surface area (Å²) < 4.78 is 5.71. The van der Waals surface area contributed by atoms with Gasteiger partial charge in [-0.1, -0.05) is 68.3 Å². The van der Waals surface area contributed by atoms with Crippen LogP contribution in [-0.4, -0.2) is 41.8 Å². The van der Waals surface area contributed by atoms with Crippen LogP contribution in [0.4, 0.5) is 4.79 Å². The zero-order chi connectivity index (χ0) is 24.8. The van der Waals surface area contributed by atoms with Gasteiger partial charge in [-0.3, -0.25) is 9.59 Å². The summed E-state index contributed by atoms with van der Waals surface area (Å²) >= 11 is 0. The molecule has 3 atom stereocenters. The van der Waals surface area contributed by atoms with E-state index in [1.807, 2.05) is 31.2 Å². The van der Waals surface area contributed by atoms with Crippen LogP contribution in [0, 0.1) is 5.92 Å². The van der Waals surface area contributed by atoms with E-state index in [0.29, 0.717) is 6.42 Å². The molecule has 2 aromatic carbocycles. The van der Waals surface area contributed by atoms with Crippen LogP contribution in [-0.2, 0) is 14.3 Å². The maximum Gasteiger partial charge on any atom is 0.407 e. The number of nitrogens with one attached hydrogen (secondary N) is 2. The van der Waals surface area contributed by atoms with Crippen LogP contribution in [0.3, 0.4) is 0 Å². The van der Waals surface area contributed by atoms with E-state index < -0.39 is 12.1 Å². The van der Waals surface area contributed by atoms with E-state index in [4.69, 9.17) is 9.84 Å². The Kier molecular flexibility index (Phi) is 8.06. The molecule has 0 bridgehead atoms. The molecule has 186 valence electrons. The number of carboxylic acid groups (broad SMARTS) is 1. The van der Waals surface area contributed by atoms with E-state index >= 15 is 0 Å². The Bertz CT molecular complexity index is 1020. The molecule has 1 fully saturated rings. The number of carbonyl (C=O) groups is 3. The lowest BCUT2D eigenvalue weighted by atomic mass is 9.82. The summed E-state index contributed by atoms with van der Waals surface area (Å²) in [6, 6.07) is 15.9. The Morgan fingerprint density at radius 2 is 1.63 bits per heavy atom. The minimum atomic E-state index is -0.926. The van der Waals surface area contributed by atoms with Crippen molar-refractivity contribution < 1.29 is 24.2 Å². The summed E-state index contributed by atoms with van der Waals surface area (Å²) in [5.41, 5.74) is 4.70. The monoisotopic (exact) mass is 478 g/mol. The standard InChI is InChI=1S/C28H34N2O5/c1-2-19(16-27(32)33)29-26(31)15-18-9-3-8-14-25(18)30-28(34)35-17-24-22-12-6-4-10-20(22)21-11-5-7-13-23(21)24/h4-7,10-13,18-19,24-25H,2-3,8-9,14-17H2,1H3,(H,29,31)(H,30,34)(H,32,33)/t18-,19?,25-/m1/s1. The number of carbonyl (C=O) groups excluding carboxylic acids is 2. The first-order valence-electron chi connectivity index (χ1n) is 12.6. The molecule has 0 spiro atoms. The van der Waals surface area contributed by atoms with E-state index in [2.05, 4.69) is 34.9 Å². The van der Waals surface area contributed by atoms with Gasteiger partial charge in [-0.05, 0) is 47.4 Å². The molecule has 1 unspecified atom stereocenters. The highest BCUT2D eigenvalue weighted by molar-refractivity contribution is 5.79. The van der Waals surface area contributed by atoms with E-state index in [1.54, 1.807) is 0 Å². The summed E-state index contributed by atoms with van der Waals surface area (Å²) in [5.74, 6) is -1.08. The summed E-state index contributed by atoms with van der Waals surface area (Å²) in [6.45, 7) is 2.11. The van der Waals surface area contributed by atoms with Crippen LogP contribution in [0.25, 0.3) is 11.1 Å². The maximum absolute atomic E-state index is 12.8. The van der Waals surface area contributed by atoms with E-state index in [-0.39, 0.29) is 49.3 Å². The Morgan fingerprint density at radius 3 is 2.26 bits per heavy atom. The van der Waals surface area contributed by atoms with E-state index in [9.17, 15) is 14.4 Å². The number of rotatable bonds is 9. The van der Waals surface area contributed by atoms with Gasteiger partial charge in [-0.25, -0.2) is 4.79 Å². The van der Waals surface area contributed by atoms with Crippen molar-refractivity contribution in [3.8, 4) is 11.1 Å². The van der Waals surface area contributed by atoms with Crippen molar-refractivity contribution in [3.05, 3.63) is 59.7 Å². The van der Waals surface area contributed by atoms with E-state index in [0.717, 1.165) is 25.7 Å². The van der Waals surface area contributed by atoms with Gasteiger partial charge in [0.25, 0.3) is 0 Å². The third kappa shape index (κ3) is 6.02. The second kappa shape index (κ2) is 11.4. The summed E-state index contributed by atoms with van der Waals surface area (Å²) in [5, 5.41) is 14.9. The van der Waals surface area contributed by atoms with Gasteiger partial charge in [0.1, 0.15) is 6.61 Å². The Hall–Kier alpha value is -3.35. The summed E-state index contributed by atoms with van der Waals surface area (Å²) in [7, 11) is 0. The van der Waals surface area contributed by atoms with Crippen LogP contribution in [0.15, 0.2) is 48.5 Å². The van der Waals surface area contributed by atoms with Crippen molar-refractivity contribution in [3.63, 3.8) is 0 Å². The maximum atomic E-state index is 12.8. The summed E-state index contributed by atoms with van der Waals surface area (Å²) in [4.78, 5) is 36.3. The molecule has 1 saturated carbocycles. The molecule has 4 rings (SSSR count). The van der Waals surface area contributed by atoms with Gasteiger partial charge in [0.15, 0.2) is 0 Å². The lowest BCUT2D eigenvalue weighted by Gasteiger charge is -2.32. The number of alkyl carbamates (subject to hydrolysis) is 1. The normalized spacial score (nSPS) is 19.8. The number of carboxylic acids is 1. The molecule has 2 aromatic rings. The second-order valence-corrected chi connectivity index (χ2v) is 9.60. The number of hydrogen-bond donors (Lipinski definition) is 3. The molecule has 0 aliphatic heterocycles. The van der Waals surface area contributed by atoms with Crippen molar-refractivity contribution in [2.45, 2.75) is 69.9 Å². The molecule has 0 heterocycles. The highest BCUT2D eigenvalue weighted by Gasteiger charge is 2.32. The smallest absolute Gasteiger partial charge is 0.407 e. The molecule has 35 heavy (non-hydrogen) atoms. The number of ether oxygens (including phenoxy) is 1. The number of aliphatic carboxylic acids is 1. The first-order chi connectivity index (χ1) is 17.0. The highest BCUT2D eigenvalue weighted by Crippen LogP contribution is 2.44. The molecule has 3 N–H and O–H groups in total. The molecule has 0 saturated heterocycles. The average molecular weight is 479 g/mol. The van der Waals surface area contributed by atoms with Crippen molar-refractivity contribution in [2.75, 3.05) is 6.61 Å². The minimum Gasteiger partial charge on any atom is -0.481 e. The SMILES string of the molecule is CCC(CC(=O)O)NC(=O)C[C@H]1CCCC[C@H]1NC(=O)OCC1c2ccccc2-c2ccccc21. The number of amides is 2. The van der Waals surface area contributed by atoms with Crippen molar-refractivity contribution in [2.24, 2.45) is 5.92 Å². The molecule has 2 aliphatic carbocycles. The topological polar surface area (TPSA) is 105 Å². The third-order valence-electron chi connectivity index (χ3n) is 7.28. The highest BCUT2D eigenvalue weighted by atomic mass is 16.5. The Balaban J connectivity index is 1.33. The number of fused-ring (bicyclic) bond motifs is 3. The molecule has 2 amide bonds. The Morgan fingerprint density at radius 1 is 1.00 bits per heavy atom. The predicted molar refractivity (Wildman–Crippen MR) is 133 cm³/mol. The lowest BCUT2D eigenvalue weighted by molar-refractivity contribution is -0.137. The molecule has 7 nitrogen and oxygen atoms in total. The van der Waals surface area contributed by atoms with E-state index in [1.165, 1.54) is 22.3 Å². The van der Waals surface area contributed by atoms with Crippen LogP contribution >= 0.6 is 0 Å². The minimum absolute atomic E-state index is 0.00120. The Labute approximate surface area is 206 Å². The fourth-order valence-corrected chi connectivity index (χ4v) is 5.47. The lowest BCUT2D eigenvalue weighted by Crippen LogP contribution is -2.45. The van der Waals surface area contributed by atoms with Crippen LogP contribution in [0.2, 0.25) is 0 Å². The first-order valence-corrected chi connectivity index (χ1v) is 12.6. The summed E-state index contributed by atoms with van der Waals surface area (Å²) in [6.07, 6.45) is 3.92. The largest absolute Gasteiger partial charge is 0.481 e. The van der Waals surface area contributed by atoms with Gasteiger partial charge in [0.05, 0.1) is 6.42 Å². The molecule has 2 aliphatic rings. The average Bonchev–Trinajstić information content (AvgIpc) is 3.17. The zero-order valence-electron chi connectivity index (χ0n) is 20.2. The first kappa shape index (κ1) is 24.8. The fourth-order valence-electron chi connectivity index (χ4n) is 5.47. The van der Waals surface area contributed by atoms with Gasteiger partial charge < -0.3 is 20.5 Å². The second-order valence-electron chi connectivity index (χ2n) is 9.60.